The van der Waals surface area contributed by atoms with Crippen LogP contribution in [-0.2, 0) is 62.3 Å². The third-order valence-electron chi connectivity index (χ3n) is 26.9. The molecule has 0 aromatic heterocycles. The number of hydrogen-bond donors (Lipinski definition) is 25. The number of rotatable bonds is 40. The Hall–Kier alpha value is -5.52. The maximum absolute atomic E-state index is 11.7. The second-order valence-electron chi connectivity index (χ2n) is 38.5. The molecule has 39 nitrogen and oxygen atoms in total. The van der Waals surface area contributed by atoms with Crippen LogP contribution in [0, 0.1) is 53.3 Å². The average molecular weight is 1940 g/mol. The Morgan fingerprint density at radius 3 is 0.985 bits per heavy atom. The normalized spacial score (nSPS) is 27.7. The van der Waals surface area contributed by atoms with Crippen molar-refractivity contribution < 1.29 is 143 Å². The van der Waals surface area contributed by atoms with Crippen molar-refractivity contribution in [3.8, 4) is 0 Å². The van der Waals surface area contributed by atoms with Crippen molar-refractivity contribution in [3.05, 3.63) is 0 Å². The van der Waals surface area contributed by atoms with E-state index in [1.807, 2.05) is 27.3 Å². The van der Waals surface area contributed by atoms with Crippen molar-refractivity contribution in [1.29, 1.82) is 0 Å². The number of likely N-dealkylation sites (tertiary alicyclic amines) is 1. The number of carboxylic acids is 5. The predicted octanol–water partition coefficient (Wildman–Crippen LogP) is 3.86. The van der Waals surface area contributed by atoms with Gasteiger partial charge in [0.25, 0.3) is 41.5 Å². The second-order valence-corrected chi connectivity index (χ2v) is 38.5. The number of aliphatic hydroxyl groups is 3. The number of nitrogens with zero attached hydrogens (tertiary/aromatic N) is 1. The Morgan fingerprint density at radius 2 is 0.699 bits per heavy atom. The molecule has 46 heteroatoms. The largest absolute Gasteiger partial charge is 0.480 e. The van der Waals surface area contributed by atoms with Gasteiger partial charge in [-0.1, -0.05) is 139 Å². The van der Waals surface area contributed by atoms with Gasteiger partial charge in [-0.25, -0.2) is 0 Å². The third kappa shape index (κ3) is 67.0. The second kappa shape index (κ2) is 84.0. The van der Waals surface area contributed by atoms with E-state index in [1.54, 1.807) is 13.6 Å². The fraction of sp³-hybridized carbons (Fsp3) is 0.900. The maximum Gasteiger partial charge on any atom is 0.451 e. The molecule has 0 aromatic carbocycles. The lowest BCUT2D eigenvalue weighted by molar-refractivity contribution is -0.193. The highest BCUT2D eigenvalue weighted by Crippen LogP contribution is 2.33. The van der Waals surface area contributed by atoms with Crippen LogP contribution < -0.4 is 47.9 Å². The van der Waals surface area contributed by atoms with E-state index in [-0.39, 0.29) is 110 Å². The summed E-state index contributed by atoms with van der Waals surface area (Å²) in [4.78, 5) is 122. The first-order chi connectivity index (χ1) is 63.9. The van der Waals surface area contributed by atoms with Gasteiger partial charge in [-0.15, -0.1) is 0 Å². The van der Waals surface area contributed by atoms with E-state index in [0.717, 1.165) is 146 Å². The predicted molar refractivity (Wildman–Crippen MR) is 526 cm³/mol. The summed E-state index contributed by atoms with van der Waals surface area (Å²) in [7, 11) is -1.36. The van der Waals surface area contributed by atoms with Gasteiger partial charge in [-0.2, -0.15) is 38.4 Å². The van der Waals surface area contributed by atoms with E-state index < -0.39 is 78.9 Å². The van der Waals surface area contributed by atoms with Gasteiger partial charge in [0, 0.05) is 68.1 Å². The van der Waals surface area contributed by atoms with E-state index in [2.05, 4.69) is 94.3 Å². The van der Waals surface area contributed by atoms with Gasteiger partial charge in [-0.05, 0) is 263 Å². The molecule has 10 aliphatic heterocycles. The van der Waals surface area contributed by atoms with Crippen molar-refractivity contribution in [3.63, 3.8) is 0 Å². The summed E-state index contributed by atoms with van der Waals surface area (Å²) in [6.45, 7) is 33.6. The van der Waals surface area contributed by atoms with E-state index in [1.165, 1.54) is 122 Å². The number of unbranched alkanes of at least 4 members (excludes halogenated alkanes) is 2. The summed E-state index contributed by atoms with van der Waals surface area (Å²) in [5.74, 6) is -0.520. The minimum Gasteiger partial charge on any atom is -0.480 e. The van der Waals surface area contributed by atoms with Crippen molar-refractivity contribution in [2.75, 3.05) is 78.5 Å². The molecule has 10 saturated heterocycles. The first kappa shape index (κ1) is 137. The Kier molecular flexibility index (Phi) is 84.5. The molecule has 25 N–H and O–H groups in total. The third-order valence-corrected chi connectivity index (χ3v) is 26.9. The quantitative estimate of drug-likeness (QED) is 0.0387. The Labute approximate surface area is 813 Å². The molecule has 21 atom stereocenters. The fourth-order valence-corrected chi connectivity index (χ4v) is 18.9. The molecule has 0 radical (unpaired) electrons. The Morgan fingerprint density at radius 1 is 0.375 bits per heavy atom. The summed E-state index contributed by atoms with van der Waals surface area (Å²) in [6.07, 6.45) is 34.3. The molecule has 10 heterocycles. The van der Waals surface area contributed by atoms with E-state index in [9.17, 15) is 49.4 Å². The number of carbonyl (C=O) groups is 5. The molecular formula is C90H179B7N10O29. The fourth-order valence-electron chi connectivity index (χ4n) is 18.9. The zero-order chi connectivity index (χ0) is 103. The van der Waals surface area contributed by atoms with Gasteiger partial charge in [0.05, 0.1) is 18.3 Å². The number of carboxylic acid groups (broad SMARTS) is 5. The number of aliphatic carboxylic acids is 5. The number of aliphatic hydroxyl groups excluding tert-OH is 3. The molecule has 10 rings (SSSR count). The smallest absolute Gasteiger partial charge is 0.451 e. The molecule has 0 spiro atoms. The average Bonchev–Trinajstić information content (AvgIpc) is 1.66. The van der Waals surface area contributed by atoms with Gasteiger partial charge >= 0.3 is 61.6 Å². The Bertz CT molecular complexity index is 3000. The first-order valence-electron chi connectivity index (χ1n) is 49.8. The molecule has 0 bridgehead atoms. The van der Waals surface area contributed by atoms with Gasteiger partial charge in [-0.3, -0.25) is 24.0 Å². The zero-order valence-corrected chi connectivity index (χ0v) is 83.2. The summed E-state index contributed by atoms with van der Waals surface area (Å²) < 4.78 is 0. The first-order valence-corrected chi connectivity index (χ1v) is 49.8. The molecule has 10 aliphatic rings. The van der Waals surface area contributed by atoms with Crippen LogP contribution in [0.25, 0.3) is 0 Å². The van der Waals surface area contributed by atoms with Crippen LogP contribution >= 0.6 is 0 Å². The molecule has 0 aromatic rings. The number of nitrogens with one attached hydrogen (secondary N) is 9. The minimum atomic E-state index is -1.36. The van der Waals surface area contributed by atoms with Crippen molar-refractivity contribution in [1.82, 2.24) is 52.8 Å². The summed E-state index contributed by atoms with van der Waals surface area (Å²) in [5, 5.41) is 174. The molecule has 8 unspecified atom stereocenters. The number of piperidine rings is 1. The van der Waals surface area contributed by atoms with Gasteiger partial charge < -0.3 is 134 Å². The van der Waals surface area contributed by atoms with E-state index in [0.29, 0.717) is 81.2 Å². The lowest BCUT2D eigenvalue weighted by Gasteiger charge is -2.31. The summed E-state index contributed by atoms with van der Waals surface area (Å²) >= 11 is 0. The van der Waals surface area contributed by atoms with Crippen LogP contribution in [0.5, 0.6) is 0 Å². The van der Waals surface area contributed by atoms with Crippen LogP contribution in [0.2, 0.25) is 85.2 Å². The summed E-state index contributed by atoms with van der Waals surface area (Å²) in [6, 6.07) is 0.580. The molecule has 0 saturated carbocycles. The topological polar surface area (TPSA) is 657 Å². The standard InChI is InChI=1S/C15H29BN2O3.4C9H20BNO.2C9H17NO3.C8H16BNO5.C8H16BNO3.4CO2.CH4/c1-16(21)7-5-13-11-15(14(19)20,17-12-13)6-10-18-8-3-2-4-9-18;3*1-8-9(5-7-11-8)4-3-6-10(2)12;1-8-6-9(7-11-8)4-3-5-10(2)12;2*1-2-3-4-6-7(11)5-10-8(6)9(12)13;11-6-4-10-7(8(12)13)5(6)2-1-3-9(14)15;1-9(13)3-2-6-4-7(8(11)12)10-5-6;4*2-1-3;/h13,17,21H,2-12H2,1H3,(H,19,20);4*8-9,11-12H,3-7H2,1-2H3;2*6-8,10-11H,2-5H2,1H3,(H,12,13);5-7,10-11,14-15H,1-4H2,(H,12,13);6-7,10,13H,2-5H2,1H3,(H,11,12);;;;;1H4/t;2*8-,9+;8-,9-;;6?,7?,8-;6-,7+,8-;5-,6-,7+;;;;;;/m.101.001....../s1. The van der Waals surface area contributed by atoms with E-state index in [4.69, 9.17) is 94.0 Å². The number of carbonyl (C=O) groups excluding carboxylic acids is 8. The van der Waals surface area contributed by atoms with Crippen LogP contribution in [0.15, 0.2) is 0 Å². The monoisotopic (exact) mass is 1940 g/mol. The van der Waals surface area contributed by atoms with Gasteiger partial charge in [0.15, 0.2) is 0 Å². The number of hydrogen-bond acceptors (Lipinski definition) is 34. The SMILES string of the molecule is C.CB(O)CCC1CNC(C(=O)O)C1.CB(O)CCC1CNC(CCN2CCCCC2)(C(=O)O)C1.CB(O)CCCC1CNC(C)C1.CB(O)CCC[C@@H]1CCN[C@@H]1C.CB(O)CCC[C@@H]1CCN[C@H]1C.CB(O)CCC[C@H]1CCN[C@@H]1C.CCCCC1C(O)CN[C@@H]1C(=O)O.CCCC[C@H]1[C@H](O)CN[C@@H]1C(=O)O.O=C(O)[C@H]1NC[C@@H](O)[C@H]1CCCB(O)O.O=C=O.O=C=O.O=C=O.O=C=O. The van der Waals surface area contributed by atoms with Gasteiger partial charge in [0.1, 0.15) is 29.7 Å². The van der Waals surface area contributed by atoms with Gasteiger partial charge in [0.2, 0.25) is 0 Å². The maximum atomic E-state index is 11.7. The highest BCUT2D eigenvalue weighted by atomic mass is 16.4. The van der Waals surface area contributed by atoms with Crippen LogP contribution in [-0.4, -0.2) is 340 Å². The van der Waals surface area contributed by atoms with E-state index >= 15 is 0 Å². The minimum absolute atomic E-state index is 0. The lowest BCUT2D eigenvalue weighted by Crippen LogP contribution is -2.50. The zero-order valence-electron chi connectivity index (χ0n) is 83.2. The molecule has 0 amide bonds. The molecule has 10 fully saturated rings. The molecule has 784 valence electrons. The molecule has 0 aliphatic carbocycles. The highest BCUT2D eigenvalue weighted by molar-refractivity contribution is 6.50. The van der Waals surface area contributed by atoms with Crippen molar-refractivity contribution in [2.45, 2.75) is 386 Å². The highest BCUT2D eigenvalue weighted by Gasteiger charge is 2.46. The van der Waals surface area contributed by atoms with Crippen molar-refractivity contribution in [2.24, 2.45) is 53.3 Å². The Balaban J connectivity index is -0.000000713. The number of β-amino-alcohol motifs (C(OH)–C–C–N with tert-alkyl or cyclic N) is 3. The van der Waals surface area contributed by atoms with Crippen LogP contribution in [0.1, 0.15) is 229 Å². The van der Waals surface area contributed by atoms with Crippen LogP contribution in [0.4, 0.5) is 0 Å². The lowest BCUT2D eigenvalue weighted by atomic mass is 9.65. The molecular weight excluding hydrogens is 1760 g/mol. The van der Waals surface area contributed by atoms with Crippen LogP contribution in [0.3, 0.4) is 0 Å². The summed E-state index contributed by atoms with van der Waals surface area (Å²) in [5.41, 5.74) is -0.749. The van der Waals surface area contributed by atoms with Crippen molar-refractivity contribution >= 4 is 103 Å². The molecule has 136 heavy (non-hydrogen) atoms.